The van der Waals surface area contributed by atoms with Crippen molar-refractivity contribution in [3.05, 3.63) is 83.4 Å². The Balaban J connectivity index is 1.64. The Hall–Kier alpha value is -2.97. The summed E-state index contributed by atoms with van der Waals surface area (Å²) in [6, 6.07) is 20.7. The molecule has 1 N–H and O–H groups in total. The predicted octanol–water partition coefficient (Wildman–Crippen LogP) is 5.85. The zero-order valence-electron chi connectivity index (χ0n) is 21.9. The van der Waals surface area contributed by atoms with E-state index >= 15 is 0 Å². The number of hydrogen-bond donors (Lipinski definition) is 1. The van der Waals surface area contributed by atoms with Gasteiger partial charge in [-0.25, -0.2) is 0 Å². The fraction of sp³-hybridized carbons (Fsp3) is 0.400. The lowest BCUT2D eigenvalue weighted by molar-refractivity contribution is 0.00991. The summed E-state index contributed by atoms with van der Waals surface area (Å²) < 4.78 is 33.2. The van der Waals surface area contributed by atoms with Crippen LogP contribution in [0.5, 0.6) is 23.0 Å². The van der Waals surface area contributed by atoms with Crippen molar-refractivity contribution in [2.24, 2.45) is 0 Å². The molecular formula is C30H35ClO7. The first kappa shape index (κ1) is 28.0. The van der Waals surface area contributed by atoms with Crippen LogP contribution in [0, 0.1) is 0 Å². The van der Waals surface area contributed by atoms with E-state index in [1.54, 1.807) is 20.3 Å². The fourth-order valence-electron chi connectivity index (χ4n) is 4.62. The SMILES string of the molecule is COCOc1ccc(C2COc3cc(OCOC)ccc3C2(O)c2ccc(OCCCCCCl)cc2)cc1. The van der Waals surface area contributed by atoms with Crippen LogP contribution in [0.4, 0.5) is 0 Å². The second kappa shape index (κ2) is 13.7. The molecule has 7 nitrogen and oxygen atoms in total. The van der Waals surface area contributed by atoms with Crippen molar-refractivity contribution in [1.29, 1.82) is 0 Å². The van der Waals surface area contributed by atoms with E-state index in [4.69, 9.17) is 40.0 Å². The highest BCUT2D eigenvalue weighted by Gasteiger charge is 2.46. The molecule has 1 aliphatic heterocycles. The summed E-state index contributed by atoms with van der Waals surface area (Å²) in [5, 5.41) is 12.5. The normalized spacial score (nSPS) is 18.4. The number of aliphatic hydroxyl groups is 1. The van der Waals surface area contributed by atoms with Crippen molar-refractivity contribution in [3.63, 3.8) is 0 Å². The van der Waals surface area contributed by atoms with E-state index in [-0.39, 0.29) is 26.1 Å². The highest BCUT2D eigenvalue weighted by molar-refractivity contribution is 6.17. The quantitative estimate of drug-likeness (QED) is 0.155. The minimum Gasteiger partial charge on any atom is -0.494 e. The number of fused-ring (bicyclic) bond motifs is 1. The molecule has 4 rings (SSSR count). The molecule has 204 valence electrons. The summed E-state index contributed by atoms with van der Waals surface area (Å²) in [6.07, 6.45) is 2.96. The molecule has 1 aliphatic rings. The molecular weight excluding hydrogens is 508 g/mol. The van der Waals surface area contributed by atoms with Gasteiger partial charge in [-0.2, -0.15) is 0 Å². The fourth-order valence-corrected chi connectivity index (χ4v) is 4.81. The third-order valence-electron chi connectivity index (χ3n) is 6.58. The second-order valence-corrected chi connectivity index (χ2v) is 9.46. The second-order valence-electron chi connectivity index (χ2n) is 9.08. The molecule has 0 saturated carbocycles. The van der Waals surface area contributed by atoms with Crippen LogP contribution in [0.15, 0.2) is 66.7 Å². The first-order chi connectivity index (χ1) is 18.6. The Labute approximate surface area is 229 Å². The summed E-state index contributed by atoms with van der Waals surface area (Å²) in [6.45, 7) is 1.18. The highest BCUT2D eigenvalue weighted by atomic mass is 35.5. The number of alkyl halides is 1. The van der Waals surface area contributed by atoms with Gasteiger partial charge >= 0.3 is 0 Å². The van der Waals surface area contributed by atoms with Crippen LogP contribution in [0.25, 0.3) is 0 Å². The van der Waals surface area contributed by atoms with Crippen molar-refractivity contribution < 1.29 is 33.5 Å². The first-order valence-electron chi connectivity index (χ1n) is 12.7. The molecule has 0 amide bonds. The Morgan fingerprint density at radius 2 is 1.45 bits per heavy atom. The van der Waals surface area contributed by atoms with Gasteiger partial charge in [0.15, 0.2) is 13.6 Å². The molecule has 2 unspecified atom stereocenters. The Morgan fingerprint density at radius 1 is 0.816 bits per heavy atom. The van der Waals surface area contributed by atoms with E-state index in [0.29, 0.717) is 35.3 Å². The van der Waals surface area contributed by atoms with Crippen LogP contribution >= 0.6 is 11.6 Å². The molecule has 38 heavy (non-hydrogen) atoms. The van der Waals surface area contributed by atoms with Crippen LogP contribution in [-0.4, -0.2) is 52.0 Å². The third kappa shape index (κ3) is 6.53. The van der Waals surface area contributed by atoms with Crippen LogP contribution < -0.4 is 18.9 Å². The number of unbranched alkanes of at least 4 members (excludes halogenated alkanes) is 2. The molecule has 0 saturated heterocycles. The van der Waals surface area contributed by atoms with Crippen molar-refractivity contribution in [2.45, 2.75) is 30.8 Å². The lowest BCUT2D eigenvalue weighted by Gasteiger charge is -2.42. The largest absolute Gasteiger partial charge is 0.494 e. The van der Waals surface area contributed by atoms with Crippen molar-refractivity contribution in [3.8, 4) is 23.0 Å². The Morgan fingerprint density at radius 3 is 2.13 bits per heavy atom. The zero-order valence-corrected chi connectivity index (χ0v) is 22.6. The summed E-state index contributed by atoms with van der Waals surface area (Å²) in [7, 11) is 3.14. The predicted molar refractivity (Wildman–Crippen MR) is 146 cm³/mol. The van der Waals surface area contributed by atoms with Crippen LogP contribution in [0.3, 0.4) is 0 Å². The van der Waals surface area contributed by atoms with Gasteiger partial charge in [0.2, 0.25) is 0 Å². The average Bonchev–Trinajstić information content (AvgIpc) is 2.95. The van der Waals surface area contributed by atoms with E-state index in [9.17, 15) is 5.11 Å². The van der Waals surface area contributed by atoms with E-state index in [1.165, 1.54) is 0 Å². The molecule has 0 fully saturated rings. The molecule has 2 atom stereocenters. The average molecular weight is 543 g/mol. The topological polar surface area (TPSA) is 75.6 Å². The van der Waals surface area contributed by atoms with Crippen molar-refractivity contribution in [1.82, 2.24) is 0 Å². The molecule has 0 aliphatic carbocycles. The smallest absolute Gasteiger partial charge is 0.188 e. The van der Waals surface area contributed by atoms with Crippen molar-refractivity contribution >= 4 is 11.6 Å². The maximum Gasteiger partial charge on any atom is 0.188 e. The maximum absolute atomic E-state index is 12.5. The molecule has 8 heteroatoms. The summed E-state index contributed by atoms with van der Waals surface area (Å²) >= 11 is 5.76. The monoisotopic (exact) mass is 542 g/mol. The molecule has 0 aromatic heterocycles. The number of rotatable bonds is 14. The minimum atomic E-state index is -1.36. The summed E-state index contributed by atoms with van der Waals surface area (Å²) in [5.41, 5.74) is 0.961. The van der Waals surface area contributed by atoms with Gasteiger partial charge < -0.3 is 33.5 Å². The molecule has 3 aromatic rings. The molecule has 0 spiro atoms. The van der Waals surface area contributed by atoms with Gasteiger partial charge in [-0.1, -0.05) is 24.3 Å². The standard InChI is InChI=1S/C30H35ClO7/c1-33-20-37-25-10-6-22(7-11-25)28-19-36-29-18-26(38-21-34-2)14-15-27(29)30(28,32)23-8-12-24(13-9-23)35-17-5-3-4-16-31/h6-15,18,28,32H,3-5,16-17,19-21H2,1-2H3. The van der Waals surface area contributed by atoms with Gasteiger partial charge in [-0.15, -0.1) is 11.6 Å². The maximum atomic E-state index is 12.5. The lowest BCUT2D eigenvalue weighted by atomic mass is 9.71. The summed E-state index contributed by atoms with van der Waals surface area (Å²) in [5.74, 6) is 2.90. The van der Waals surface area contributed by atoms with Crippen LogP contribution in [-0.2, 0) is 15.1 Å². The van der Waals surface area contributed by atoms with Gasteiger partial charge in [-0.3, -0.25) is 0 Å². The number of methoxy groups -OCH3 is 2. The Kier molecular flexibility index (Phi) is 10.1. The van der Waals surface area contributed by atoms with Gasteiger partial charge in [0, 0.05) is 31.7 Å². The van der Waals surface area contributed by atoms with Crippen molar-refractivity contribution in [2.75, 3.05) is 46.9 Å². The van der Waals surface area contributed by atoms with E-state index in [2.05, 4.69) is 0 Å². The van der Waals surface area contributed by atoms with Crippen LogP contribution in [0.2, 0.25) is 0 Å². The highest BCUT2D eigenvalue weighted by Crippen LogP contribution is 2.50. The van der Waals surface area contributed by atoms with E-state index in [0.717, 1.165) is 36.1 Å². The van der Waals surface area contributed by atoms with Gasteiger partial charge in [0.05, 0.1) is 19.1 Å². The molecule has 0 radical (unpaired) electrons. The number of halogens is 1. The molecule has 1 heterocycles. The van der Waals surface area contributed by atoms with Gasteiger partial charge in [0.25, 0.3) is 0 Å². The number of ether oxygens (including phenoxy) is 6. The first-order valence-corrected chi connectivity index (χ1v) is 13.3. The molecule has 3 aromatic carbocycles. The summed E-state index contributed by atoms with van der Waals surface area (Å²) in [4.78, 5) is 0. The van der Waals surface area contributed by atoms with Crippen LogP contribution in [0.1, 0.15) is 41.9 Å². The number of benzene rings is 3. The molecule has 0 bridgehead atoms. The minimum absolute atomic E-state index is 0.122. The lowest BCUT2D eigenvalue weighted by Crippen LogP contribution is -2.41. The zero-order chi connectivity index (χ0) is 26.8. The van der Waals surface area contributed by atoms with Gasteiger partial charge in [-0.05, 0) is 66.8 Å². The van der Waals surface area contributed by atoms with Gasteiger partial charge in [0.1, 0.15) is 28.6 Å². The van der Waals surface area contributed by atoms with E-state index < -0.39 is 5.60 Å². The number of hydrogen-bond acceptors (Lipinski definition) is 7. The third-order valence-corrected chi connectivity index (χ3v) is 6.85. The van der Waals surface area contributed by atoms with E-state index in [1.807, 2.05) is 60.7 Å². The Bertz CT molecular complexity index is 1140.